The molecule has 0 spiro atoms. The van der Waals surface area contributed by atoms with Crippen LogP contribution in [0, 0.1) is 27.7 Å². The topological polar surface area (TPSA) is 94.6 Å². The van der Waals surface area contributed by atoms with E-state index in [0.29, 0.717) is 12.2 Å². The fourth-order valence-corrected chi connectivity index (χ4v) is 5.08. The van der Waals surface area contributed by atoms with Crippen molar-refractivity contribution < 1.29 is 22.5 Å². The number of rotatable bonds is 8. The summed E-state index contributed by atoms with van der Waals surface area (Å²) >= 11 is 0. The Hall–Kier alpha value is -2.91. The molecule has 3 aromatic rings. The number of hydrogen-bond acceptors (Lipinski definition) is 6. The van der Waals surface area contributed by atoms with Gasteiger partial charge in [-0.25, -0.2) is 8.42 Å². The van der Waals surface area contributed by atoms with E-state index >= 15 is 0 Å². The van der Waals surface area contributed by atoms with Crippen LogP contribution in [0.25, 0.3) is 5.69 Å². The van der Waals surface area contributed by atoms with Gasteiger partial charge in [0.05, 0.1) is 13.2 Å². The summed E-state index contributed by atoms with van der Waals surface area (Å²) in [5.74, 6) is 0.685. The van der Waals surface area contributed by atoms with Gasteiger partial charge in [-0.1, -0.05) is 5.16 Å². The minimum absolute atomic E-state index is 0.00246. The summed E-state index contributed by atoms with van der Waals surface area (Å²) in [6.07, 6.45) is 0. The standard InChI is InChI=1S/C22H27N3O5S/c1-7-29-19-10-8-18(9-11-19)25-14(2)12-20(16(25)4)21(26)13-24(6)31(27,28)22-15(3)23-30-17(22)5/h8-12H,7,13H2,1-6H3. The zero-order valence-electron chi connectivity index (χ0n) is 18.6. The zero-order valence-corrected chi connectivity index (χ0v) is 19.4. The van der Waals surface area contributed by atoms with E-state index in [1.165, 1.54) is 14.0 Å². The monoisotopic (exact) mass is 445 g/mol. The molecule has 0 fully saturated rings. The van der Waals surface area contributed by atoms with E-state index in [2.05, 4.69) is 5.16 Å². The average molecular weight is 446 g/mol. The molecule has 0 bridgehead atoms. The van der Waals surface area contributed by atoms with Gasteiger partial charge >= 0.3 is 0 Å². The Balaban J connectivity index is 1.87. The van der Waals surface area contributed by atoms with Gasteiger partial charge < -0.3 is 13.8 Å². The van der Waals surface area contributed by atoms with Crippen LogP contribution in [0.3, 0.4) is 0 Å². The van der Waals surface area contributed by atoms with Crippen LogP contribution in [0.5, 0.6) is 5.75 Å². The van der Waals surface area contributed by atoms with E-state index in [0.717, 1.165) is 27.1 Å². The number of Topliss-reactive ketones (excluding diaryl/α,β-unsaturated/α-hetero) is 1. The van der Waals surface area contributed by atoms with Crippen LogP contribution in [-0.2, 0) is 10.0 Å². The number of benzene rings is 1. The molecule has 2 heterocycles. The summed E-state index contributed by atoms with van der Waals surface area (Å²) in [6, 6.07) is 9.39. The van der Waals surface area contributed by atoms with Crippen molar-refractivity contribution in [3.63, 3.8) is 0 Å². The van der Waals surface area contributed by atoms with E-state index in [4.69, 9.17) is 9.26 Å². The van der Waals surface area contributed by atoms with Crippen molar-refractivity contribution in [1.29, 1.82) is 0 Å². The van der Waals surface area contributed by atoms with E-state index in [1.807, 2.05) is 49.6 Å². The van der Waals surface area contributed by atoms with Crippen LogP contribution in [0.2, 0.25) is 0 Å². The third kappa shape index (κ3) is 4.28. The summed E-state index contributed by atoms with van der Waals surface area (Å²) in [4.78, 5) is 13.0. The number of hydrogen-bond donors (Lipinski definition) is 0. The molecule has 0 atom stereocenters. The first-order chi connectivity index (χ1) is 14.6. The Morgan fingerprint density at radius 3 is 2.35 bits per heavy atom. The maximum absolute atomic E-state index is 13.0. The molecule has 2 aromatic heterocycles. The van der Waals surface area contributed by atoms with Gasteiger partial charge in [-0.15, -0.1) is 0 Å². The maximum atomic E-state index is 13.0. The largest absolute Gasteiger partial charge is 0.494 e. The summed E-state index contributed by atoms with van der Waals surface area (Å²) in [7, 11) is -2.52. The van der Waals surface area contributed by atoms with Gasteiger partial charge in [0.15, 0.2) is 11.5 Å². The molecule has 0 amide bonds. The second-order valence-electron chi connectivity index (χ2n) is 7.38. The lowest BCUT2D eigenvalue weighted by Gasteiger charge is -2.16. The zero-order chi connectivity index (χ0) is 22.9. The van der Waals surface area contributed by atoms with Crippen molar-refractivity contribution in [2.75, 3.05) is 20.2 Å². The fourth-order valence-electron chi connectivity index (χ4n) is 3.67. The Morgan fingerprint density at radius 2 is 1.81 bits per heavy atom. The van der Waals surface area contributed by atoms with Crippen LogP contribution in [-0.4, -0.2) is 48.4 Å². The maximum Gasteiger partial charge on any atom is 0.248 e. The molecule has 0 N–H and O–H groups in total. The van der Waals surface area contributed by atoms with Crippen LogP contribution < -0.4 is 4.74 Å². The number of carbonyl (C=O) groups is 1. The molecule has 3 rings (SSSR count). The minimum Gasteiger partial charge on any atom is -0.494 e. The number of ketones is 1. The quantitative estimate of drug-likeness (QED) is 0.492. The molecule has 0 saturated heterocycles. The normalized spacial score (nSPS) is 11.8. The highest BCUT2D eigenvalue weighted by Crippen LogP contribution is 2.25. The lowest BCUT2D eigenvalue weighted by molar-refractivity contribution is 0.0972. The molecule has 0 saturated carbocycles. The van der Waals surface area contributed by atoms with Crippen LogP contribution >= 0.6 is 0 Å². The van der Waals surface area contributed by atoms with E-state index in [9.17, 15) is 13.2 Å². The van der Waals surface area contributed by atoms with E-state index < -0.39 is 10.0 Å². The van der Waals surface area contributed by atoms with Crippen LogP contribution in [0.4, 0.5) is 0 Å². The highest BCUT2D eigenvalue weighted by molar-refractivity contribution is 7.89. The van der Waals surface area contributed by atoms with Gasteiger partial charge in [-0.2, -0.15) is 4.31 Å². The Bertz CT molecular complexity index is 1190. The third-order valence-corrected chi connectivity index (χ3v) is 7.19. The van der Waals surface area contributed by atoms with Crippen molar-refractivity contribution in [3.05, 3.63) is 58.7 Å². The predicted octanol–water partition coefficient (Wildman–Crippen LogP) is 3.60. The van der Waals surface area contributed by atoms with Gasteiger partial charge in [-0.3, -0.25) is 4.79 Å². The van der Waals surface area contributed by atoms with Crippen LogP contribution in [0.15, 0.2) is 39.8 Å². The van der Waals surface area contributed by atoms with Gasteiger partial charge in [0, 0.05) is 29.7 Å². The lowest BCUT2D eigenvalue weighted by Crippen LogP contribution is -2.33. The number of nitrogens with zero attached hydrogens (tertiary/aromatic N) is 3. The van der Waals surface area contributed by atoms with Gasteiger partial charge in [0.25, 0.3) is 0 Å². The molecule has 0 aliphatic carbocycles. The minimum atomic E-state index is -3.90. The number of aryl methyl sites for hydroxylation is 3. The molecule has 0 radical (unpaired) electrons. The number of sulfonamides is 1. The molecule has 0 unspecified atom stereocenters. The second kappa shape index (κ2) is 8.68. The first-order valence-electron chi connectivity index (χ1n) is 9.92. The molecule has 1 aromatic carbocycles. The molecule has 9 heteroatoms. The highest BCUT2D eigenvalue weighted by Gasteiger charge is 2.30. The van der Waals surface area contributed by atoms with Crippen molar-refractivity contribution in [2.24, 2.45) is 0 Å². The van der Waals surface area contributed by atoms with Gasteiger partial charge in [0.2, 0.25) is 10.0 Å². The third-order valence-electron chi connectivity index (χ3n) is 5.14. The number of carbonyl (C=O) groups excluding carboxylic acids is 1. The van der Waals surface area contributed by atoms with E-state index in [-0.39, 0.29) is 28.7 Å². The molecule has 166 valence electrons. The molecule has 0 aliphatic rings. The van der Waals surface area contributed by atoms with Crippen molar-refractivity contribution in [3.8, 4) is 11.4 Å². The fraction of sp³-hybridized carbons (Fsp3) is 0.364. The van der Waals surface area contributed by atoms with Crippen molar-refractivity contribution >= 4 is 15.8 Å². The molecule has 31 heavy (non-hydrogen) atoms. The Kier molecular flexibility index (Phi) is 6.38. The SMILES string of the molecule is CCOc1ccc(-n2c(C)cc(C(=O)CN(C)S(=O)(=O)c3c(C)noc3C)c2C)cc1. The first kappa shape index (κ1) is 22.8. The highest BCUT2D eigenvalue weighted by atomic mass is 32.2. The predicted molar refractivity (Wildman–Crippen MR) is 117 cm³/mol. The summed E-state index contributed by atoms with van der Waals surface area (Å²) in [5.41, 5.74) is 3.27. The average Bonchev–Trinajstić information content (AvgIpc) is 3.21. The summed E-state index contributed by atoms with van der Waals surface area (Å²) in [5, 5.41) is 3.70. The number of likely N-dealkylation sites (N-methyl/N-ethyl adjacent to an activating group) is 1. The second-order valence-corrected chi connectivity index (χ2v) is 9.37. The molecule has 8 nitrogen and oxygen atoms in total. The van der Waals surface area contributed by atoms with Crippen molar-refractivity contribution in [1.82, 2.24) is 14.0 Å². The Morgan fingerprint density at radius 1 is 1.16 bits per heavy atom. The smallest absolute Gasteiger partial charge is 0.248 e. The van der Waals surface area contributed by atoms with Gasteiger partial charge in [-0.05, 0) is 65.0 Å². The Labute approximate surface area is 182 Å². The molecule has 0 aliphatic heterocycles. The van der Waals surface area contributed by atoms with Crippen molar-refractivity contribution in [2.45, 2.75) is 39.5 Å². The van der Waals surface area contributed by atoms with E-state index in [1.54, 1.807) is 13.0 Å². The first-order valence-corrected chi connectivity index (χ1v) is 11.4. The lowest BCUT2D eigenvalue weighted by atomic mass is 10.1. The summed E-state index contributed by atoms with van der Waals surface area (Å²) < 4.78 is 39.3. The molecular formula is C22H27N3O5S. The van der Waals surface area contributed by atoms with Crippen LogP contribution in [0.1, 0.15) is 40.1 Å². The number of ether oxygens (including phenoxy) is 1. The molecular weight excluding hydrogens is 418 g/mol. The van der Waals surface area contributed by atoms with Gasteiger partial charge in [0.1, 0.15) is 16.3 Å². The summed E-state index contributed by atoms with van der Waals surface area (Å²) in [6.45, 7) is 9.07. The number of aromatic nitrogens is 2.